The first-order chi connectivity index (χ1) is 36.5. The van der Waals surface area contributed by atoms with E-state index in [1.807, 2.05) is 0 Å². The van der Waals surface area contributed by atoms with E-state index < -0.39 is 6.10 Å². The fourth-order valence-electron chi connectivity index (χ4n) is 8.39. The Bertz CT molecular complexity index is 1510. The van der Waals surface area contributed by atoms with E-state index in [4.69, 9.17) is 14.2 Å². The van der Waals surface area contributed by atoms with Crippen molar-refractivity contribution in [3.05, 3.63) is 109 Å². The highest BCUT2D eigenvalue weighted by Crippen LogP contribution is 2.15. The van der Waals surface area contributed by atoms with E-state index in [0.29, 0.717) is 19.3 Å². The number of carbonyl (C=O) groups is 3. The van der Waals surface area contributed by atoms with Crippen LogP contribution < -0.4 is 0 Å². The van der Waals surface area contributed by atoms with E-state index in [9.17, 15) is 14.4 Å². The number of carbonyl (C=O) groups excluding carboxylic acids is 3. The Labute approximate surface area is 457 Å². The molecule has 0 N–H and O–H groups in total. The second kappa shape index (κ2) is 61.6. The summed E-state index contributed by atoms with van der Waals surface area (Å²) in [6.07, 6.45) is 83.7. The van der Waals surface area contributed by atoms with Gasteiger partial charge >= 0.3 is 17.9 Å². The van der Waals surface area contributed by atoms with Crippen molar-refractivity contribution in [2.24, 2.45) is 0 Å². The van der Waals surface area contributed by atoms with Gasteiger partial charge in [0, 0.05) is 19.3 Å². The van der Waals surface area contributed by atoms with Crippen LogP contribution >= 0.6 is 0 Å². The maximum Gasteiger partial charge on any atom is 0.306 e. The molecule has 0 heterocycles. The smallest absolute Gasteiger partial charge is 0.306 e. The zero-order valence-electron chi connectivity index (χ0n) is 48.3. The Hall–Kier alpha value is -3.93. The van der Waals surface area contributed by atoms with Crippen molar-refractivity contribution in [2.75, 3.05) is 13.2 Å². The summed E-state index contributed by atoms with van der Waals surface area (Å²) in [5.41, 5.74) is 0. The van der Waals surface area contributed by atoms with Gasteiger partial charge in [0.2, 0.25) is 0 Å². The first kappa shape index (κ1) is 70.1. The average molecular weight is 1030 g/mol. The molecule has 74 heavy (non-hydrogen) atoms. The third-order valence-corrected chi connectivity index (χ3v) is 13.0. The number of rotatable bonds is 55. The molecular formula is C68H114O6. The lowest BCUT2D eigenvalue weighted by Gasteiger charge is -2.18. The third kappa shape index (κ3) is 59.0. The van der Waals surface area contributed by atoms with Crippen molar-refractivity contribution >= 4 is 17.9 Å². The van der Waals surface area contributed by atoms with E-state index in [0.717, 1.165) is 116 Å². The molecule has 422 valence electrons. The monoisotopic (exact) mass is 1030 g/mol. The molecule has 0 saturated carbocycles. The van der Waals surface area contributed by atoms with Crippen LogP contribution in [0.3, 0.4) is 0 Å². The second-order valence-corrected chi connectivity index (χ2v) is 20.2. The molecule has 6 heteroatoms. The molecule has 0 aromatic carbocycles. The first-order valence-electron chi connectivity index (χ1n) is 30.9. The predicted octanol–water partition coefficient (Wildman–Crippen LogP) is 21.0. The van der Waals surface area contributed by atoms with Crippen molar-refractivity contribution in [2.45, 2.75) is 290 Å². The zero-order chi connectivity index (χ0) is 53.6. The van der Waals surface area contributed by atoms with Gasteiger partial charge in [-0.15, -0.1) is 0 Å². The molecule has 0 aromatic rings. The van der Waals surface area contributed by atoms with Crippen LogP contribution in [0.15, 0.2) is 109 Å². The van der Waals surface area contributed by atoms with Crippen LogP contribution in [0.1, 0.15) is 284 Å². The maximum absolute atomic E-state index is 12.9. The van der Waals surface area contributed by atoms with E-state index >= 15 is 0 Å². The molecule has 1 atom stereocenters. The maximum atomic E-state index is 12.9. The molecule has 0 aliphatic carbocycles. The lowest BCUT2D eigenvalue weighted by atomic mass is 10.1. The molecule has 0 fully saturated rings. The van der Waals surface area contributed by atoms with Crippen LogP contribution in [0.25, 0.3) is 0 Å². The fourth-order valence-corrected chi connectivity index (χ4v) is 8.39. The number of ether oxygens (including phenoxy) is 3. The molecule has 1 unspecified atom stereocenters. The van der Waals surface area contributed by atoms with Crippen LogP contribution in [-0.2, 0) is 28.6 Å². The van der Waals surface area contributed by atoms with Crippen molar-refractivity contribution in [1.82, 2.24) is 0 Å². The molecule has 0 amide bonds. The quantitative estimate of drug-likeness (QED) is 0.0261. The van der Waals surface area contributed by atoms with E-state index in [-0.39, 0.29) is 31.1 Å². The van der Waals surface area contributed by atoms with Gasteiger partial charge in [0.1, 0.15) is 13.2 Å². The molecule has 0 spiro atoms. The van der Waals surface area contributed by atoms with Gasteiger partial charge in [-0.25, -0.2) is 0 Å². The van der Waals surface area contributed by atoms with Gasteiger partial charge in [0.05, 0.1) is 0 Å². The average Bonchev–Trinajstić information content (AvgIpc) is 3.40. The Morgan fingerprint density at radius 2 is 0.527 bits per heavy atom. The molecular weight excluding hydrogens is 913 g/mol. The first-order valence-corrected chi connectivity index (χ1v) is 30.9. The normalized spacial score (nSPS) is 12.9. The summed E-state index contributed by atoms with van der Waals surface area (Å²) in [6.45, 7) is 6.48. The highest BCUT2D eigenvalue weighted by atomic mass is 16.6. The number of allylic oxidation sites excluding steroid dienone is 18. The molecule has 0 rings (SSSR count). The van der Waals surface area contributed by atoms with Crippen LogP contribution in [-0.4, -0.2) is 37.2 Å². The number of hydrogen-bond donors (Lipinski definition) is 0. The zero-order valence-corrected chi connectivity index (χ0v) is 48.3. The Kier molecular flexibility index (Phi) is 58.3. The Morgan fingerprint density at radius 1 is 0.284 bits per heavy atom. The van der Waals surface area contributed by atoms with Gasteiger partial charge in [-0.3, -0.25) is 14.4 Å². The number of unbranched alkanes of at least 4 members (excludes halogenated alkanes) is 26. The molecule has 0 aliphatic heterocycles. The summed E-state index contributed by atoms with van der Waals surface area (Å²) < 4.78 is 16.8. The van der Waals surface area contributed by atoms with E-state index in [1.165, 1.54) is 128 Å². The molecule has 0 aliphatic rings. The largest absolute Gasteiger partial charge is 0.462 e. The highest BCUT2D eigenvalue weighted by molar-refractivity contribution is 5.71. The Balaban J connectivity index is 4.37. The van der Waals surface area contributed by atoms with Gasteiger partial charge in [-0.05, 0) is 109 Å². The summed E-state index contributed by atoms with van der Waals surface area (Å²) in [5, 5.41) is 0. The standard InChI is InChI=1S/C68H114O6/c1-4-7-10-13-16-19-22-24-26-28-30-32-33-34-35-37-38-40-42-44-46-49-52-55-58-61-67(70)73-64-65(63-72-66(69)60-57-54-51-48-21-18-15-12-9-6-3)74-68(71)62-59-56-53-50-47-45-43-41-39-36-31-29-27-25-23-20-17-14-11-8-5-2/h7,10,16,19,23-26,29-32,34-35,38,40,44,46,65H,4-6,8-9,11-15,17-18,20-22,27-28,33,36-37,39,41-43,45,47-64H2,1-3H3/b10-7-,19-16-,25-23-,26-24-,31-29-,32-30-,35-34-,40-38-,46-44-. The number of esters is 3. The van der Waals surface area contributed by atoms with E-state index in [1.54, 1.807) is 0 Å². The van der Waals surface area contributed by atoms with Crippen molar-refractivity contribution in [3.8, 4) is 0 Å². The minimum absolute atomic E-state index is 0.0898. The topological polar surface area (TPSA) is 78.9 Å². The van der Waals surface area contributed by atoms with Gasteiger partial charge in [0.25, 0.3) is 0 Å². The molecule has 0 aromatic heterocycles. The highest BCUT2D eigenvalue weighted by Gasteiger charge is 2.19. The third-order valence-electron chi connectivity index (χ3n) is 13.0. The van der Waals surface area contributed by atoms with Gasteiger partial charge < -0.3 is 14.2 Å². The van der Waals surface area contributed by atoms with Crippen LogP contribution in [0.2, 0.25) is 0 Å². The lowest BCUT2D eigenvalue weighted by molar-refractivity contribution is -0.167. The number of hydrogen-bond acceptors (Lipinski definition) is 6. The summed E-state index contributed by atoms with van der Waals surface area (Å²) in [6, 6.07) is 0. The molecule has 0 bridgehead atoms. The minimum Gasteiger partial charge on any atom is -0.462 e. The van der Waals surface area contributed by atoms with Crippen LogP contribution in [0.5, 0.6) is 0 Å². The van der Waals surface area contributed by atoms with Crippen molar-refractivity contribution < 1.29 is 28.6 Å². The Morgan fingerprint density at radius 3 is 0.838 bits per heavy atom. The predicted molar refractivity (Wildman–Crippen MR) is 320 cm³/mol. The van der Waals surface area contributed by atoms with E-state index in [2.05, 4.69) is 130 Å². The SMILES string of the molecule is CC/C=C\C/C=C\C/C=C\C/C=C\C/C=C\C/C=C\C/C=C\CCCCCC(=O)OCC(COC(=O)CCCCCCCCCCCC)OC(=O)CCCCCCCCCCC/C=C\C/C=C\CCCCCCC. The lowest BCUT2D eigenvalue weighted by Crippen LogP contribution is -2.30. The van der Waals surface area contributed by atoms with Gasteiger partial charge in [-0.2, -0.15) is 0 Å². The van der Waals surface area contributed by atoms with Crippen molar-refractivity contribution in [1.29, 1.82) is 0 Å². The molecule has 0 saturated heterocycles. The summed E-state index contributed by atoms with van der Waals surface area (Å²) in [5.74, 6) is -0.925. The van der Waals surface area contributed by atoms with Crippen LogP contribution in [0.4, 0.5) is 0 Å². The minimum atomic E-state index is -0.795. The summed E-state index contributed by atoms with van der Waals surface area (Å²) in [7, 11) is 0. The van der Waals surface area contributed by atoms with Gasteiger partial charge in [-0.1, -0.05) is 265 Å². The van der Waals surface area contributed by atoms with Gasteiger partial charge in [0.15, 0.2) is 6.10 Å². The van der Waals surface area contributed by atoms with Crippen molar-refractivity contribution in [3.63, 3.8) is 0 Å². The fraction of sp³-hybridized carbons (Fsp3) is 0.691. The second-order valence-electron chi connectivity index (χ2n) is 20.2. The summed E-state index contributed by atoms with van der Waals surface area (Å²) in [4.78, 5) is 38.2. The summed E-state index contributed by atoms with van der Waals surface area (Å²) >= 11 is 0. The van der Waals surface area contributed by atoms with Crippen LogP contribution in [0, 0.1) is 0 Å². The molecule has 0 radical (unpaired) electrons. The molecule has 6 nitrogen and oxygen atoms in total.